The normalized spacial score (nSPS) is 17.9. The molecule has 5 nitrogen and oxygen atoms in total. The Labute approximate surface area is 151 Å². The van der Waals surface area contributed by atoms with Crippen molar-refractivity contribution in [2.75, 3.05) is 24.5 Å². The van der Waals surface area contributed by atoms with Gasteiger partial charge in [0.1, 0.15) is 6.07 Å². The number of piperidine rings is 1. The molecule has 6 heteroatoms. The lowest BCUT2D eigenvalue weighted by Gasteiger charge is -2.36. The summed E-state index contributed by atoms with van der Waals surface area (Å²) >= 11 is 1.80. The van der Waals surface area contributed by atoms with E-state index >= 15 is 0 Å². The molecule has 1 amide bonds. The number of amides is 1. The summed E-state index contributed by atoms with van der Waals surface area (Å²) in [6, 6.07) is 8.11. The first-order valence-corrected chi connectivity index (χ1v) is 9.58. The highest BCUT2D eigenvalue weighted by Crippen LogP contribution is 2.29. The van der Waals surface area contributed by atoms with Crippen LogP contribution in [0.2, 0.25) is 0 Å². The minimum atomic E-state index is 0.0960. The van der Waals surface area contributed by atoms with Crippen LogP contribution >= 0.6 is 11.3 Å². The number of fused-ring (bicyclic) bond motifs is 1. The highest BCUT2D eigenvalue weighted by Gasteiger charge is 2.31. The highest BCUT2D eigenvalue weighted by molar-refractivity contribution is 7.10. The van der Waals surface area contributed by atoms with E-state index in [1.165, 1.54) is 10.4 Å². The third kappa shape index (κ3) is 3.12. The van der Waals surface area contributed by atoms with Crippen molar-refractivity contribution < 1.29 is 4.79 Å². The first-order valence-electron chi connectivity index (χ1n) is 8.70. The van der Waals surface area contributed by atoms with Gasteiger partial charge < -0.3 is 9.80 Å². The SMILES string of the molecule is N#Cc1ncccc1N1CCC(C(=O)N2CCc3sccc3C2)CC1. The number of pyridine rings is 1. The van der Waals surface area contributed by atoms with E-state index in [1.54, 1.807) is 17.5 Å². The van der Waals surface area contributed by atoms with Crippen LogP contribution in [0.1, 0.15) is 29.0 Å². The largest absolute Gasteiger partial charge is 0.369 e. The van der Waals surface area contributed by atoms with Gasteiger partial charge in [-0.2, -0.15) is 5.26 Å². The summed E-state index contributed by atoms with van der Waals surface area (Å²) < 4.78 is 0. The first kappa shape index (κ1) is 16.1. The molecule has 4 heterocycles. The molecule has 25 heavy (non-hydrogen) atoms. The number of hydrogen-bond donors (Lipinski definition) is 0. The van der Waals surface area contributed by atoms with Gasteiger partial charge in [-0.15, -0.1) is 11.3 Å². The van der Waals surface area contributed by atoms with Crippen molar-refractivity contribution >= 4 is 22.9 Å². The minimum Gasteiger partial charge on any atom is -0.369 e. The monoisotopic (exact) mass is 352 g/mol. The summed E-state index contributed by atoms with van der Waals surface area (Å²) in [5.74, 6) is 0.391. The summed E-state index contributed by atoms with van der Waals surface area (Å²) in [6.45, 7) is 3.20. The Morgan fingerprint density at radius 1 is 1.28 bits per heavy atom. The molecular formula is C19H20N4OS. The van der Waals surface area contributed by atoms with Gasteiger partial charge in [-0.3, -0.25) is 4.79 Å². The third-order valence-corrected chi connectivity index (χ3v) is 6.22. The van der Waals surface area contributed by atoms with E-state index in [2.05, 4.69) is 27.4 Å². The molecule has 0 saturated carbocycles. The van der Waals surface area contributed by atoms with Gasteiger partial charge in [0.05, 0.1) is 5.69 Å². The number of thiophene rings is 1. The van der Waals surface area contributed by atoms with Gasteiger partial charge in [-0.1, -0.05) is 0 Å². The van der Waals surface area contributed by atoms with Gasteiger partial charge in [0.2, 0.25) is 5.91 Å². The van der Waals surface area contributed by atoms with Crippen molar-refractivity contribution in [3.63, 3.8) is 0 Å². The number of carbonyl (C=O) groups is 1. The van der Waals surface area contributed by atoms with Crippen LogP contribution in [0.4, 0.5) is 5.69 Å². The zero-order valence-electron chi connectivity index (χ0n) is 14.0. The van der Waals surface area contributed by atoms with Crippen LogP contribution in [0.5, 0.6) is 0 Å². The number of hydrogen-bond acceptors (Lipinski definition) is 5. The summed E-state index contributed by atoms with van der Waals surface area (Å²) in [7, 11) is 0. The zero-order chi connectivity index (χ0) is 17.2. The number of nitrogens with zero attached hydrogens (tertiary/aromatic N) is 4. The first-order chi connectivity index (χ1) is 12.3. The van der Waals surface area contributed by atoms with E-state index in [9.17, 15) is 10.1 Å². The maximum absolute atomic E-state index is 12.9. The van der Waals surface area contributed by atoms with E-state index in [0.29, 0.717) is 11.6 Å². The molecule has 2 aliphatic rings. The Hall–Kier alpha value is -2.39. The topological polar surface area (TPSA) is 60.2 Å². The zero-order valence-corrected chi connectivity index (χ0v) is 14.8. The lowest BCUT2D eigenvalue weighted by Crippen LogP contribution is -2.44. The van der Waals surface area contributed by atoms with E-state index in [1.807, 2.05) is 17.0 Å². The maximum Gasteiger partial charge on any atom is 0.226 e. The lowest BCUT2D eigenvalue weighted by atomic mass is 9.94. The molecule has 0 spiro atoms. The molecule has 0 N–H and O–H groups in total. The molecule has 0 atom stereocenters. The molecule has 2 aromatic heterocycles. The number of anilines is 1. The summed E-state index contributed by atoms with van der Waals surface area (Å²) in [6.07, 6.45) is 4.31. The lowest BCUT2D eigenvalue weighted by molar-refractivity contribution is -0.137. The van der Waals surface area contributed by atoms with E-state index < -0.39 is 0 Å². The molecule has 1 fully saturated rings. The quantitative estimate of drug-likeness (QED) is 0.834. The minimum absolute atomic E-state index is 0.0960. The van der Waals surface area contributed by atoms with Crippen molar-refractivity contribution in [1.82, 2.24) is 9.88 Å². The fourth-order valence-electron chi connectivity index (χ4n) is 3.80. The molecular weight excluding hydrogens is 332 g/mol. The van der Waals surface area contributed by atoms with Crippen LogP contribution in [-0.2, 0) is 17.8 Å². The maximum atomic E-state index is 12.9. The van der Waals surface area contributed by atoms with Crippen molar-refractivity contribution in [3.05, 3.63) is 45.9 Å². The second-order valence-electron chi connectivity index (χ2n) is 6.62. The van der Waals surface area contributed by atoms with Gasteiger partial charge in [0.25, 0.3) is 0 Å². The van der Waals surface area contributed by atoms with Crippen molar-refractivity contribution in [2.45, 2.75) is 25.8 Å². The molecule has 2 aliphatic heterocycles. The van der Waals surface area contributed by atoms with Crippen molar-refractivity contribution in [3.8, 4) is 6.07 Å². The predicted molar refractivity (Wildman–Crippen MR) is 97.3 cm³/mol. The fourth-order valence-corrected chi connectivity index (χ4v) is 4.69. The van der Waals surface area contributed by atoms with Crippen LogP contribution in [-0.4, -0.2) is 35.4 Å². The van der Waals surface area contributed by atoms with Gasteiger partial charge in [-0.25, -0.2) is 4.98 Å². The molecule has 2 aromatic rings. The predicted octanol–water partition coefficient (Wildman–Crippen LogP) is 2.82. The highest BCUT2D eigenvalue weighted by atomic mass is 32.1. The number of rotatable bonds is 2. The van der Waals surface area contributed by atoms with Crippen LogP contribution < -0.4 is 4.90 Å². The van der Waals surface area contributed by atoms with Gasteiger partial charge in [0.15, 0.2) is 5.69 Å². The van der Waals surface area contributed by atoms with Gasteiger partial charge in [0, 0.05) is 43.2 Å². The Kier molecular flexibility index (Phi) is 4.41. The fraction of sp³-hybridized carbons (Fsp3) is 0.421. The molecule has 1 saturated heterocycles. The standard InChI is InChI=1S/C19H20N4OS/c20-12-16-17(2-1-7-21-16)22-8-3-14(4-9-22)19(24)23-10-5-18-15(13-23)6-11-25-18/h1-2,6-7,11,14H,3-5,8-10,13H2. The number of carbonyl (C=O) groups excluding carboxylic acids is 1. The average Bonchev–Trinajstić information content (AvgIpc) is 3.15. The molecule has 0 unspecified atom stereocenters. The van der Waals surface area contributed by atoms with Gasteiger partial charge >= 0.3 is 0 Å². The molecule has 0 radical (unpaired) electrons. The Morgan fingerprint density at radius 3 is 2.92 bits per heavy atom. The number of nitriles is 1. The van der Waals surface area contributed by atoms with E-state index in [-0.39, 0.29) is 5.92 Å². The Bertz CT molecular complexity index is 817. The van der Waals surface area contributed by atoms with Crippen molar-refractivity contribution in [1.29, 1.82) is 5.26 Å². The Balaban J connectivity index is 1.39. The second-order valence-corrected chi connectivity index (χ2v) is 7.62. The molecule has 4 rings (SSSR count). The summed E-state index contributed by atoms with van der Waals surface area (Å²) in [5.41, 5.74) is 2.67. The Morgan fingerprint density at radius 2 is 2.12 bits per heavy atom. The van der Waals surface area contributed by atoms with Crippen LogP contribution in [0.3, 0.4) is 0 Å². The smallest absolute Gasteiger partial charge is 0.226 e. The van der Waals surface area contributed by atoms with Crippen LogP contribution in [0.25, 0.3) is 0 Å². The van der Waals surface area contributed by atoms with Gasteiger partial charge in [-0.05, 0) is 48.4 Å². The van der Waals surface area contributed by atoms with Crippen molar-refractivity contribution in [2.24, 2.45) is 5.92 Å². The summed E-state index contributed by atoms with van der Waals surface area (Å²) in [4.78, 5) is 22.7. The van der Waals surface area contributed by atoms with E-state index in [4.69, 9.17) is 0 Å². The molecule has 0 aliphatic carbocycles. The number of aromatic nitrogens is 1. The molecule has 0 aromatic carbocycles. The molecule has 128 valence electrons. The average molecular weight is 352 g/mol. The van der Waals surface area contributed by atoms with Crippen LogP contribution in [0, 0.1) is 17.2 Å². The van der Waals surface area contributed by atoms with Crippen LogP contribution in [0.15, 0.2) is 29.8 Å². The molecule has 0 bridgehead atoms. The second kappa shape index (κ2) is 6.85. The third-order valence-electron chi connectivity index (χ3n) is 5.20. The van der Waals surface area contributed by atoms with E-state index in [0.717, 1.165) is 51.1 Å². The summed E-state index contributed by atoms with van der Waals surface area (Å²) in [5, 5.41) is 11.3.